The molecule has 0 aliphatic rings. The summed E-state index contributed by atoms with van der Waals surface area (Å²) in [4.78, 5) is 0. The van der Waals surface area contributed by atoms with Gasteiger partial charge in [-0.25, -0.2) is 4.39 Å². The standard InChI is InChI=1S/C17H14BrFN4O2S/c1-25-13-7-4-11(15(18)16(13)24)9-20-23-14(21-22-17(23)26)8-10-2-5-12(19)6-3-10/h2-7,9,24H,8H2,1H3,(H,22,26)/b20-9-. The number of H-pyrrole nitrogens is 1. The number of hydrogen-bond acceptors (Lipinski definition) is 5. The van der Waals surface area contributed by atoms with Gasteiger partial charge in [-0.15, -0.1) is 0 Å². The zero-order valence-corrected chi connectivity index (χ0v) is 16.0. The Bertz CT molecular complexity index is 1010. The van der Waals surface area contributed by atoms with Crippen molar-refractivity contribution in [1.29, 1.82) is 0 Å². The zero-order chi connectivity index (χ0) is 18.7. The highest BCUT2D eigenvalue weighted by Gasteiger charge is 2.10. The molecule has 0 radical (unpaired) electrons. The molecular weight excluding hydrogens is 423 g/mol. The number of aromatic amines is 1. The molecule has 3 aromatic rings. The van der Waals surface area contributed by atoms with Gasteiger partial charge in [0.15, 0.2) is 17.3 Å². The zero-order valence-electron chi connectivity index (χ0n) is 13.6. The minimum Gasteiger partial charge on any atom is -0.503 e. The first kappa shape index (κ1) is 18.3. The Morgan fingerprint density at radius 1 is 1.35 bits per heavy atom. The van der Waals surface area contributed by atoms with Crippen LogP contribution in [0, 0.1) is 10.6 Å². The Morgan fingerprint density at radius 2 is 2.08 bits per heavy atom. The molecule has 1 heterocycles. The van der Waals surface area contributed by atoms with E-state index in [9.17, 15) is 9.50 Å². The molecular formula is C17H14BrFN4O2S. The molecule has 134 valence electrons. The molecule has 0 fully saturated rings. The lowest BCUT2D eigenvalue weighted by molar-refractivity contribution is 0.372. The van der Waals surface area contributed by atoms with Crippen molar-refractivity contribution >= 4 is 34.4 Å². The van der Waals surface area contributed by atoms with E-state index in [0.717, 1.165) is 5.56 Å². The number of aromatic hydroxyl groups is 1. The van der Waals surface area contributed by atoms with Gasteiger partial charge in [0.25, 0.3) is 0 Å². The summed E-state index contributed by atoms with van der Waals surface area (Å²) in [6.45, 7) is 0. The van der Waals surface area contributed by atoms with Crippen LogP contribution in [-0.4, -0.2) is 33.3 Å². The van der Waals surface area contributed by atoms with E-state index in [1.807, 2.05) is 0 Å². The van der Waals surface area contributed by atoms with Crippen LogP contribution < -0.4 is 4.74 Å². The van der Waals surface area contributed by atoms with Crippen molar-refractivity contribution in [3.63, 3.8) is 0 Å². The fourth-order valence-electron chi connectivity index (χ4n) is 2.29. The number of nitrogens with zero attached hydrogens (tertiary/aromatic N) is 3. The summed E-state index contributed by atoms with van der Waals surface area (Å²) >= 11 is 8.53. The number of phenols is 1. The summed E-state index contributed by atoms with van der Waals surface area (Å²) in [5, 5.41) is 21.3. The van der Waals surface area contributed by atoms with E-state index in [1.54, 1.807) is 30.5 Å². The molecule has 1 aromatic heterocycles. The van der Waals surface area contributed by atoms with E-state index in [4.69, 9.17) is 17.0 Å². The number of nitrogens with one attached hydrogen (secondary N) is 1. The number of rotatable bonds is 5. The molecule has 0 aliphatic heterocycles. The Balaban J connectivity index is 1.90. The molecule has 0 bridgehead atoms. The van der Waals surface area contributed by atoms with Crippen molar-refractivity contribution in [2.24, 2.45) is 5.10 Å². The molecule has 0 aliphatic carbocycles. The maximum atomic E-state index is 13.0. The molecule has 3 rings (SSSR count). The third-order valence-corrected chi connectivity index (χ3v) is 4.73. The largest absolute Gasteiger partial charge is 0.503 e. The summed E-state index contributed by atoms with van der Waals surface area (Å²) < 4.78 is 20.4. The van der Waals surface area contributed by atoms with Gasteiger partial charge >= 0.3 is 0 Å². The van der Waals surface area contributed by atoms with Crippen molar-refractivity contribution in [2.45, 2.75) is 6.42 Å². The second-order valence-electron chi connectivity index (χ2n) is 5.32. The van der Waals surface area contributed by atoms with Gasteiger partial charge in [-0.3, -0.25) is 5.10 Å². The fraction of sp³-hybridized carbons (Fsp3) is 0.118. The van der Waals surface area contributed by atoms with E-state index in [-0.39, 0.29) is 11.6 Å². The van der Waals surface area contributed by atoms with Crippen molar-refractivity contribution in [1.82, 2.24) is 14.9 Å². The molecule has 0 spiro atoms. The second-order valence-corrected chi connectivity index (χ2v) is 6.50. The van der Waals surface area contributed by atoms with Crippen molar-refractivity contribution < 1.29 is 14.2 Å². The van der Waals surface area contributed by atoms with Crippen LogP contribution in [0.15, 0.2) is 46.0 Å². The summed E-state index contributed by atoms with van der Waals surface area (Å²) in [7, 11) is 1.47. The SMILES string of the molecule is COc1ccc(/C=N\n2c(Cc3ccc(F)cc3)n[nH]c2=S)c(Br)c1O. The van der Waals surface area contributed by atoms with Gasteiger partial charge in [0.05, 0.1) is 17.8 Å². The lowest BCUT2D eigenvalue weighted by Gasteiger charge is -2.07. The Kier molecular flexibility index (Phi) is 5.48. The summed E-state index contributed by atoms with van der Waals surface area (Å²) in [6, 6.07) is 9.52. The average molecular weight is 437 g/mol. The Labute approximate surface area is 162 Å². The number of ether oxygens (including phenoxy) is 1. The van der Waals surface area contributed by atoms with Crippen molar-refractivity contribution in [3.05, 3.63) is 68.4 Å². The van der Waals surface area contributed by atoms with E-state index in [2.05, 4.69) is 31.2 Å². The van der Waals surface area contributed by atoms with Crippen LogP contribution in [0.3, 0.4) is 0 Å². The van der Waals surface area contributed by atoms with Crippen LogP contribution in [-0.2, 0) is 6.42 Å². The molecule has 26 heavy (non-hydrogen) atoms. The van der Waals surface area contributed by atoms with Gasteiger partial charge in [-0.2, -0.15) is 14.9 Å². The predicted molar refractivity (Wildman–Crippen MR) is 102 cm³/mol. The summed E-state index contributed by atoms with van der Waals surface area (Å²) in [6.07, 6.45) is 1.97. The molecule has 0 amide bonds. The van der Waals surface area contributed by atoms with E-state index < -0.39 is 0 Å². The smallest absolute Gasteiger partial charge is 0.216 e. The van der Waals surface area contributed by atoms with E-state index >= 15 is 0 Å². The number of hydrogen-bond donors (Lipinski definition) is 2. The molecule has 6 nitrogen and oxygen atoms in total. The molecule has 0 unspecified atom stereocenters. The van der Waals surface area contributed by atoms with Gasteiger partial charge in [-0.1, -0.05) is 12.1 Å². The topological polar surface area (TPSA) is 75.4 Å². The van der Waals surface area contributed by atoms with Gasteiger partial charge in [0.1, 0.15) is 5.82 Å². The quantitative estimate of drug-likeness (QED) is 0.467. The van der Waals surface area contributed by atoms with Gasteiger partial charge in [-0.05, 0) is 58.0 Å². The number of methoxy groups -OCH3 is 1. The van der Waals surface area contributed by atoms with Gasteiger partial charge in [0.2, 0.25) is 4.77 Å². The Morgan fingerprint density at radius 3 is 2.77 bits per heavy atom. The van der Waals surface area contributed by atoms with Crippen LogP contribution in [0.4, 0.5) is 4.39 Å². The van der Waals surface area contributed by atoms with Crippen LogP contribution in [0.25, 0.3) is 0 Å². The van der Waals surface area contributed by atoms with Crippen LogP contribution >= 0.6 is 28.1 Å². The normalized spacial score (nSPS) is 11.2. The third-order valence-electron chi connectivity index (χ3n) is 3.63. The predicted octanol–water partition coefficient (Wildman–Crippen LogP) is 4.03. The molecule has 2 N–H and O–H groups in total. The van der Waals surface area contributed by atoms with Crippen LogP contribution in [0.1, 0.15) is 17.0 Å². The highest BCUT2D eigenvalue weighted by Crippen LogP contribution is 2.35. The molecule has 9 heteroatoms. The maximum Gasteiger partial charge on any atom is 0.216 e. The fourth-order valence-corrected chi connectivity index (χ4v) is 2.92. The highest BCUT2D eigenvalue weighted by atomic mass is 79.9. The lowest BCUT2D eigenvalue weighted by atomic mass is 10.1. The maximum absolute atomic E-state index is 13.0. The van der Waals surface area contributed by atoms with Crippen molar-refractivity contribution in [2.75, 3.05) is 7.11 Å². The number of aromatic nitrogens is 3. The molecule has 2 aromatic carbocycles. The minimum atomic E-state index is -0.296. The third kappa shape index (κ3) is 3.83. The highest BCUT2D eigenvalue weighted by molar-refractivity contribution is 9.10. The second kappa shape index (κ2) is 7.79. The number of benzene rings is 2. The van der Waals surface area contributed by atoms with Crippen molar-refractivity contribution in [3.8, 4) is 11.5 Å². The summed E-state index contributed by atoms with van der Waals surface area (Å²) in [5.74, 6) is 0.617. The number of phenolic OH excluding ortho intramolecular Hbond substituents is 1. The van der Waals surface area contributed by atoms with E-state index in [1.165, 1.54) is 23.9 Å². The molecule has 0 atom stereocenters. The van der Waals surface area contributed by atoms with E-state index in [0.29, 0.717) is 32.8 Å². The number of halogens is 2. The Hall–Kier alpha value is -2.52. The average Bonchev–Trinajstić information content (AvgIpc) is 2.98. The monoisotopic (exact) mass is 436 g/mol. The lowest BCUT2D eigenvalue weighted by Crippen LogP contribution is -2.01. The first-order valence-corrected chi connectivity index (χ1v) is 8.70. The van der Waals surface area contributed by atoms with Crippen LogP contribution in [0.2, 0.25) is 0 Å². The van der Waals surface area contributed by atoms with Crippen LogP contribution in [0.5, 0.6) is 11.5 Å². The summed E-state index contributed by atoms with van der Waals surface area (Å²) in [5.41, 5.74) is 1.51. The first-order valence-electron chi connectivity index (χ1n) is 7.50. The minimum absolute atomic E-state index is 0.0150. The molecule has 0 saturated carbocycles. The first-order chi connectivity index (χ1) is 12.5. The van der Waals surface area contributed by atoms with Gasteiger partial charge in [0, 0.05) is 12.0 Å². The molecule has 0 saturated heterocycles. The van der Waals surface area contributed by atoms with Gasteiger partial charge < -0.3 is 9.84 Å².